The number of hydrogen-bond donors (Lipinski definition) is 4. The highest BCUT2D eigenvalue weighted by molar-refractivity contribution is 5.96. The van der Waals surface area contributed by atoms with Crippen LogP contribution < -0.4 is 10.6 Å². The molecule has 0 radical (unpaired) electrons. The predicted octanol–water partition coefficient (Wildman–Crippen LogP) is 2.82. The molecular formula is C20H27ClN2O3. The zero-order valence-electron chi connectivity index (χ0n) is 15.1. The fourth-order valence-electron chi connectivity index (χ4n) is 2.64. The summed E-state index contributed by atoms with van der Waals surface area (Å²) in [5.41, 5.74) is 2.06. The molecule has 2 unspecified atom stereocenters. The summed E-state index contributed by atoms with van der Waals surface area (Å²) < 4.78 is 0. The second-order valence-corrected chi connectivity index (χ2v) is 6.21. The van der Waals surface area contributed by atoms with Gasteiger partial charge in [0.1, 0.15) is 5.75 Å². The van der Waals surface area contributed by atoms with Crippen molar-refractivity contribution in [2.75, 3.05) is 13.6 Å². The van der Waals surface area contributed by atoms with Crippen LogP contribution in [0.4, 0.5) is 0 Å². The summed E-state index contributed by atoms with van der Waals surface area (Å²) in [6.45, 7) is 2.47. The molecule has 2 atom stereocenters. The molecular weight excluding hydrogens is 352 g/mol. The molecule has 0 heterocycles. The van der Waals surface area contributed by atoms with Crippen LogP contribution in [0.25, 0.3) is 0 Å². The Morgan fingerprint density at radius 2 is 1.85 bits per heavy atom. The number of benzene rings is 2. The minimum absolute atomic E-state index is 0. The molecule has 0 fully saturated rings. The van der Waals surface area contributed by atoms with E-state index in [1.807, 2.05) is 18.2 Å². The number of nitrogens with one attached hydrogen (secondary N) is 2. The van der Waals surface area contributed by atoms with Crippen LogP contribution >= 0.6 is 12.4 Å². The Bertz CT molecular complexity index is 695. The summed E-state index contributed by atoms with van der Waals surface area (Å²) in [5, 5.41) is 25.9. The summed E-state index contributed by atoms with van der Waals surface area (Å²) >= 11 is 0. The summed E-state index contributed by atoms with van der Waals surface area (Å²) in [6, 6.07) is 15.1. The maximum atomic E-state index is 11.7. The van der Waals surface area contributed by atoms with Crippen LogP contribution in [0, 0.1) is 0 Å². The van der Waals surface area contributed by atoms with Crippen molar-refractivity contribution in [2.45, 2.75) is 31.9 Å². The van der Waals surface area contributed by atoms with Crippen LogP contribution in [0.15, 0.2) is 48.5 Å². The van der Waals surface area contributed by atoms with E-state index in [9.17, 15) is 15.0 Å². The third-order valence-electron chi connectivity index (χ3n) is 4.25. The molecule has 1 amide bonds. The number of rotatable bonds is 8. The first-order valence-electron chi connectivity index (χ1n) is 8.51. The monoisotopic (exact) mass is 378 g/mol. The highest BCUT2D eigenvalue weighted by atomic mass is 35.5. The number of aliphatic hydroxyl groups is 1. The van der Waals surface area contributed by atoms with Gasteiger partial charge in [-0.3, -0.25) is 4.79 Å². The minimum atomic E-state index is -0.747. The van der Waals surface area contributed by atoms with Gasteiger partial charge in [-0.05, 0) is 43.0 Å². The molecule has 26 heavy (non-hydrogen) atoms. The average molecular weight is 379 g/mol. The molecule has 0 aliphatic rings. The Morgan fingerprint density at radius 1 is 1.15 bits per heavy atom. The molecule has 2 rings (SSSR count). The first-order chi connectivity index (χ1) is 12.0. The van der Waals surface area contributed by atoms with Crippen LogP contribution in [-0.4, -0.2) is 35.8 Å². The van der Waals surface area contributed by atoms with Crippen LogP contribution in [0.2, 0.25) is 0 Å². The predicted molar refractivity (Wildman–Crippen MR) is 106 cm³/mol. The number of halogens is 1. The van der Waals surface area contributed by atoms with Crippen LogP contribution in [0.3, 0.4) is 0 Å². The SMILES string of the molecule is CNC(=O)c1cc(C(O)CNC(C)CCc2ccccc2)ccc1O.Cl. The van der Waals surface area contributed by atoms with Crippen molar-refractivity contribution in [2.24, 2.45) is 0 Å². The molecule has 0 aliphatic carbocycles. The van der Waals surface area contributed by atoms with Gasteiger partial charge in [0.05, 0.1) is 11.7 Å². The second kappa shape index (κ2) is 10.8. The standard InChI is InChI=1S/C20H26N2O3.ClH/c1-14(8-9-15-6-4-3-5-7-15)22-13-19(24)16-10-11-18(23)17(12-16)20(25)21-2;/h3-7,10-12,14,19,22-24H,8-9,13H2,1-2H3,(H,21,25);1H. The minimum Gasteiger partial charge on any atom is -0.507 e. The fraction of sp³-hybridized carbons (Fsp3) is 0.350. The highest BCUT2D eigenvalue weighted by Crippen LogP contribution is 2.22. The number of carbonyl (C=O) groups is 1. The first kappa shape index (κ1) is 22.0. The third kappa shape index (κ3) is 6.33. The zero-order chi connectivity index (χ0) is 18.2. The van der Waals surface area contributed by atoms with Gasteiger partial charge in [0.25, 0.3) is 5.91 Å². The number of hydrogen-bond acceptors (Lipinski definition) is 4. The number of amides is 1. The van der Waals surface area contributed by atoms with Gasteiger partial charge in [-0.25, -0.2) is 0 Å². The van der Waals surface area contributed by atoms with E-state index >= 15 is 0 Å². The van der Waals surface area contributed by atoms with Crippen molar-refractivity contribution in [3.63, 3.8) is 0 Å². The Balaban J connectivity index is 0.00000338. The van der Waals surface area contributed by atoms with Gasteiger partial charge < -0.3 is 20.8 Å². The van der Waals surface area contributed by atoms with Crippen molar-refractivity contribution >= 4 is 18.3 Å². The average Bonchev–Trinajstić information content (AvgIpc) is 2.65. The summed E-state index contributed by atoms with van der Waals surface area (Å²) in [4.78, 5) is 11.7. The van der Waals surface area contributed by atoms with Gasteiger partial charge in [-0.2, -0.15) is 0 Å². The maximum Gasteiger partial charge on any atom is 0.254 e. The van der Waals surface area contributed by atoms with E-state index in [-0.39, 0.29) is 35.7 Å². The normalized spacial score (nSPS) is 12.7. The van der Waals surface area contributed by atoms with Gasteiger partial charge in [0.15, 0.2) is 0 Å². The molecule has 0 saturated heterocycles. The number of carbonyl (C=O) groups excluding carboxylic acids is 1. The number of phenolic OH excluding ortho intramolecular Hbond substituents is 1. The third-order valence-corrected chi connectivity index (χ3v) is 4.25. The van der Waals surface area contributed by atoms with E-state index in [0.717, 1.165) is 12.8 Å². The summed E-state index contributed by atoms with van der Waals surface area (Å²) in [5.74, 6) is -0.477. The van der Waals surface area contributed by atoms with Gasteiger partial charge in [-0.1, -0.05) is 36.4 Å². The molecule has 5 nitrogen and oxygen atoms in total. The number of phenols is 1. The zero-order valence-corrected chi connectivity index (χ0v) is 15.9. The molecule has 6 heteroatoms. The van der Waals surface area contributed by atoms with E-state index < -0.39 is 6.10 Å². The Labute approximate surface area is 160 Å². The second-order valence-electron chi connectivity index (χ2n) is 6.21. The number of aryl methyl sites for hydroxylation is 1. The molecule has 0 bridgehead atoms. The molecule has 0 spiro atoms. The number of aromatic hydroxyl groups is 1. The lowest BCUT2D eigenvalue weighted by atomic mass is 10.0. The van der Waals surface area contributed by atoms with E-state index in [4.69, 9.17) is 0 Å². The molecule has 142 valence electrons. The van der Waals surface area contributed by atoms with Crippen molar-refractivity contribution in [1.82, 2.24) is 10.6 Å². The van der Waals surface area contributed by atoms with Gasteiger partial charge >= 0.3 is 0 Å². The fourth-order valence-corrected chi connectivity index (χ4v) is 2.64. The van der Waals surface area contributed by atoms with E-state index in [1.165, 1.54) is 24.7 Å². The van der Waals surface area contributed by atoms with E-state index in [1.54, 1.807) is 6.07 Å². The molecule has 0 saturated carbocycles. The molecule has 2 aromatic rings. The van der Waals surface area contributed by atoms with Gasteiger partial charge in [-0.15, -0.1) is 12.4 Å². The van der Waals surface area contributed by atoms with Crippen LogP contribution in [0.1, 0.15) is 40.9 Å². The smallest absolute Gasteiger partial charge is 0.254 e. The summed E-state index contributed by atoms with van der Waals surface area (Å²) in [6.07, 6.45) is 1.20. The summed E-state index contributed by atoms with van der Waals surface area (Å²) in [7, 11) is 1.50. The van der Waals surface area contributed by atoms with Crippen molar-refractivity contribution in [3.8, 4) is 5.75 Å². The maximum absolute atomic E-state index is 11.7. The largest absolute Gasteiger partial charge is 0.507 e. The lowest BCUT2D eigenvalue weighted by molar-refractivity contribution is 0.0960. The van der Waals surface area contributed by atoms with Crippen molar-refractivity contribution < 1.29 is 15.0 Å². The molecule has 2 aromatic carbocycles. The van der Waals surface area contributed by atoms with Gasteiger partial charge in [0, 0.05) is 19.6 Å². The van der Waals surface area contributed by atoms with E-state index in [0.29, 0.717) is 12.1 Å². The highest BCUT2D eigenvalue weighted by Gasteiger charge is 2.15. The quantitative estimate of drug-likeness (QED) is 0.569. The van der Waals surface area contributed by atoms with Crippen LogP contribution in [-0.2, 0) is 6.42 Å². The lowest BCUT2D eigenvalue weighted by Gasteiger charge is -2.18. The molecule has 0 aliphatic heterocycles. The first-order valence-corrected chi connectivity index (χ1v) is 8.51. The Hall–Kier alpha value is -2.08. The number of aliphatic hydroxyl groups excluding tert-OH is 1. The molecule has 0 aromatic heterocycles. The van der Waals surface area contributed by atoms with Crippen molar-refractivity contribution in [1.29, 1.82) is 0 Å². The lowest BCUT2D eigenvalue weighted by Crippen LogP contribution is -2.31. The van der Waals surface area contributed by atoms with Crippen LogP contribution in [0.5, 0.6) is 5.75 Å². The van der Waals surface area contributed by atoms with Gasteiger partial charge in [0.2, 0.25) is 0 Å². The van der Waals surface area contributed by atoms with E-state index in [2.05, 4.69) is 29.7 Å². The Kier molecular flexibility index (Phi) is 9.13. The Morgan fingerprint density at radius 3 is 2.50 bits per heavy atom. The van der Waals surface area contributed by atoms with Crippen molar-refractivity contribution in [3.05, 3.63) is 65.2 Å². The molecule has 4 N–H and O–H groups in total. The topological polar surface area (TPSA) is 81.6 Å².